The first-order chi connectivity index (χ1) is 11.8. The van der Waals surface area contributed by atoms with Gasteiger partial charge in [0.05, 0.1) is 6.07 Å². The van der Waals surface area contributed by atoms with Crippen molar-refractivity contribution in [2.75, 3.05) is 13.1 Å². The van der Waals surface area contributed by atoms with Crippen LogP contribution in [0.25, 0.3) is 0 Å². The van der Waals surface area contributed by atoms with Crippen LogP contribution in [0.4, 0.5) is 4.79 Å². The van der Waals surface area contributed by atoms with Crippen LogP contribution in [0.1, 0.15) is 90.4 Å². The normalized spacial score (nSPS) is 10.7. The molecule has 0 aromatic rings. The van der Waals surface area contributed by atoms with E-state index >= 15 is 0 Å². The number of unbranched alkanes of at least 4 members (excludes halogenated alkanes) is 10. The molecular formula is C20H37N3O. The number of urea groups is 1. The standard InChI is InChI=1S/C20H37N3O/c1-2-3-15-18-22-20(24)23-19-16-13-11-9-7-5-4-6-8-10-12-14-17-21/h7,9H,2-6,8,10-16,18-19H2,1H3,(H2,22,23,24)/b9-7-. The predicted molar refractivity (Wildman–Crippen MR) is 102 cm³/mol. The van der Waals surface area contributed by atoms with Gasteiger partial charge in [-0.25, -0.2) is 4.79 Å². The van der Waals surface area contributed by atoms with Gasteiger partial charge in [0.2, 0.25) is 0 Å². The maximum atomic E-state index is 11.5. The third-order valence-corrected chi connectivity index (χ3v) is 3.98. The molecule has 0 saturated carbocycles. The van der Waals surface area contributed by atoms with Gasteiger partial charge in [-0.15, -0.1) is 0 Å². The quantitative estimate of drug-likeness (QED) is 0.291. The monoisotopic (exact) mass is 335 g/mol. The summed E-state index contributed by atoms with van der Waals surface area (Å²) in [5, 5.41) is 14.2. The molecule has 0 bridgehead atoms. The van der Waals surface area contributed by atoms with E-state index < -0.39 is 0 Å². The first-order valence-electron chi connectivity index (χ1n) is 9.85. The Bertz CT molecular complexity index is 347. The number of nitrogens with one attached hydrogen (secondary N) is 2. The average molecular weight is 336 g/mol. The number of hydrogen-bond acceptors (Lipinski definition) is 2. The molecule has 2 N–H and O–H groups in total. The van der Waals surface area contributed by atoms with Crippen LogP contribution in [0.3, 0.4) is 0 Å². The van der Waals surface area contributed by atoms with Gasteiger partial charge in [0.25, 0.3) is 0 Å². The molecule has 0 heterocycles. The first-order valence-corrected chi connectivity index (χ1v) is 9.85. The van der Waals surface area contributed by atoms with Gasteiger partial charge in [-0.05, 0) is 44.9 Å². The van der Waals surface area contributed by atoms with Crippen LogP contribution < -0.4 is 10.6 Å². The van der Waals surface area contributed by atoms with E-state index in [2.05, 4.69) is 35.8 Å². The second-order valence-corrected chi connectivity index (χ2v) is 6.32. The predicted octanol–water partition coefficient (Wildman–Crippen LogP) is 5.46. The fraction of sp³-hybridized carbons (Fsp3) is 0.800. The lowest BCUT2D eigenvalue weighted by Gasteiger charge is -2.06. The molecule has 0 rings (SSSR count). The number of carbonyl (C=O) groups excluding carboxylic acids is 1. The largest absolute Gasteiger partial charge is 0.338 e. The van der Waals surface area contributed by atoms with Gasteiger partial charge in [0.15, 0.2) is 0 Å². The number of allylic oxidation sites excluding steroid dienone is 2. The van der Waals surface area contributed by atoms with Gasteiger partial charge in [0.1, 0.15) is 0 Å². The zero-order valence-electron chi connectivity index (χ0n) is 15.6. The third-order valence-electron chi connectivity index (χ3n) is 3.98. The second-order valence-electron chi connectivity index (χ2n) is 6.32. The Morgan fingerprint density at radius 1 is 0.833 bits per heavy atom. The lowest BCUT2D eigenvalue weighted by molar-refractivity contribution is 0.240. The Balaban J connectivity index is 3.20. The van der Waals surface area contributed by atoms with E-state index in [1.165, 1.54) is 38.5 Å². The number of nitrogens with zero attached hydrogens (tertiary/aromatic N) is 1. The fourth-order valence-corrected chi connectivity index (χ4v) is 2.46. The summed E-state index contributed by atoms with van der Waals surface area (Å²) in [6.45, 7) is 3.70. The van der Waals surface area contributed by atoms with Crippen molar-refractivity contribution < 1.29 is 4.79 Å². The summed E-state index contributed by atoms with van der Waals surface area (Å²) in [7, 11) is 0. The molecule has 0 saturated heterocycles. The molecule has 4 heteroatoms. The van der Waals surface area contributed by atoms with Crippen molar-refractivity contribution in [2.45, 2.75) is 90.4 Å². The number of amides is 2. The maximum Gasteiger partial charge on any atom is 0.314 e. The van der Waals surface area contributed by atoms with Crippen LogP contribution in [0.2, 0.25) is 0 Å². The van der Waals surface area contributed by atoms with Crippen LogP contribution in [0.15, 0.2) is 12.2 Å². The highest BCUT2D eigenvalue weighted by Gasteiger charge is 1.97. The average Bonchev–Trinajstić information content (AvgIpc) is 2.59. The molecule has 0 aliphatic carbocycles. The molecular weight excluding hydrogens is 298 g/mol. The second kappa shape index (κ2) is 19.5. The van der Waals surface area contributed by atoms with Crippen molar-refractivity contribution in [3.8, 4) is 6.07 Å². The fourth-order valence-electron chi connectivity index (χ4n) is 2.46. The summed E-state index contributed by atoms with van der Waals surface area (Å²) < 4.78 is 0. The molecule has 138 valence electrons. The molecule has 0 aliphatic rings. The van der Waals surface area contributed by atoms with Crippen LogP contribution in [-0.4, -0.2) is 19.1 Å². The van der Waals surface area contributed by atoms with Crippen LogP contribution >= 0.6 is 0 Å². The maximum absolute atomic E-state index is 11.5. The summed E-state index contributed by atoms with van der Waals surface area (Å²) in [6, 6.07) is 2.16. The minimum absolute atomic E-state index is 0.0311. The number of rotatable bonds is 16. The topological polar surface area (TPSA) is 64.9 Å². The summed E-state index contributed by atoms with van der Waals surface area (Å²) >= 11 is 0. The van der Waals surface area contributed by atoms with Gasteiger partial charge in [-0.2, -0.15) is 5.26 Å². The number of hydrogen-bond donors (Lipinski definition) is 2. The van der Waals surface area contributed by atoms with Crippen molar-refractivity contribution in [1.29, 1.82) is 5.26 Å². The molecule has 0 unspecified atom stereocenters. The summed E-state index contributed by atoms with van der Waals surface area (Å²) in [4.78, 5) is 11.5. The lowest BCUT2D eigenvalue weighted by Crippen LogP contribution is -2.36. The van der Waals surface area contributed by atoms with Crippen LogP contribution in [0.5, 0.6) is 0 Å². The Hall–Kier alpha value is -1.50. The highest BCUT2D eigenvalue weighted by atomic mass is 16.2. The zero-order valence-corrected chi connectivity index (χ0v) is 15.6. The van der Waals surface area contributed by atoms with Crippen molar-refractivity contribution in [3.63, 3.8) is 0 Å². The molecule has 4 nitrogen and oxygen atoms in total. The van der Waals surface area contributed by atoms with Crippen LogP contribution in [-0.2, 0) is 0 Å². The van der Waals surface area contributed by atoms with E-state index in [-0.39, 0.29) is 6.03 Å². The Labute approximate surface area is 149 Å². The molecule has 0 aromatic carbocycles. The van der Waals surface area contributed by atoms with E-state index in [1.54, 1.807) is 0 Å². The van der Waals surface area contributed by atoms with Gasteiger partial charge in [-0.1, -0.05) is 51.2 Å². The van der Waals surface area contributed by atoms with Crippen molar-refractivity contribution in [1.82, 2.24) is 10.6 Å². The molecule has 0 aromatic heterocycles. The first kappa shape index (κ1) is 22.5. The lowest BCUT2D eigenvalue weighted by atomic mass is 10.1. The summed E-state index contributed by atoms with van der Waals surface area (Å²) in [6.07, 6.45) is 19.1. The van der Waals surface area contributed by atoms with E-state index in [4.69, 9.17) is 5.26 Å². The van der Waals surface area contributed by atoms with Gasteiger partial charge >= 0.3 is 6.03 Å². The molecule has 0 spiro atoms. The van der Waals surface area contributed by atoms with Crippen LogP contribution in [0, 0.1) is 11.3 Å². The highest BCUT2D eigenvalue weighted by Crippen LogP contribution is 2.07. The molecule has 0 aliphatic heterocycles. The van der Waals surface area contributed by atoms with Gasteiger partial charge in [-0.3, -0.25) is 0 Å². The van der Waals surface area contributed by atoms with Gasteiger partial charge in [0, 0.05) is 19.5 Å². The molecule has 24 heavy (non-hydrogen) atoms. The SMILES string of the molecule is CCCCCNC(=O)NCCCC/C=C\CCCCCCCC#N. The van der Waals surface area contributed by atoms with Gasteiger partial charge < -0.3 is 10.6 Å². The van der Waals surface area contributed by atoms with Crippen molar-refractivity contribution >= 4 is 6.03 Å². The smallest absolute Gasteiger partial charge is 0.314 e. The highest BCUT2D eigenvalue weighted by molar-refractivity contribution is 5.73. The molecule has 0 atom stereocenters. The van der Waals surface area contributed by atoms with E-state index in [0.717, 1.165) is 51.6 Å². The van der Waals surface area contributed by atoms with E-state index in [1.807, 2.05) is 0 Å². The Kier molecular flexibility index (Phi) is 18.3. The summed E-state index contributed by atoms with van der Waals surface area (Å²) in [5.41, 5.74) is 0. The third kappa shape index (κ3) is 18.5. The molecule has 2 amide bonds. The number of nitriles is 1. The Morgan fingerprint density at radius 3 is 2.00 bits per heavy atom. The summed E-state index contributed by atoms with van der Waals surface area (Å²) in [5.74, 6) is 0. The minimum atomic E-state index is -0.0311. The van der Waals surface area contributed by atoms with E-state index in [9.17, 15) is 4.79 Å². The molecule has 0 fully saturated rings. The Morgan fingerprint density at radius 2 is 1.38 bits per heavy atom. The minimum Gasteiger partial charge on any atom is -0.338 e. The van der Waals surface area contributed by atoms with Crippen molar-refractivity contribution in [3.05, 3.63) is 12.2 Å². The zero-order chi connectivity index (χ0) is 17.7. The molecule has 0 radical (unpaired) electrons. The van der Waals surface area contributed by atoms with Crippen molar-refractivity contribution in [2.24, 2.45) is 0 Å². The number of carbonyl (C=O) groups is 1. The van der Waals surface area contributed by atoms with E-state index in [0.29, 0.717) is 6.42 Å².